The van der Waals surface area contributed by atoms with Crippen LogP contribution in [0.4, 0.5) is 0 Å². The van der Waals surface area contributed by atoms with Crippen LogP contribution in [-0.4, -0.2) is 25.9 Å². The molecule has 0 rings (SSSR count). The average Bonchev–Trinajstić information content (AvgIpc) is 1.83. The van der Waals surface area contributed by atoms with E-state index in [2.05, 4.69) is 7.49 Å². The van der Waals surface area contributed by atoms with Crippen molar-refractivity contribution in [3.05, 3.63) is 11.0 Å². The van der Waals surface area contributed by atoms with E-state index < -0.39 is 0 Å². The van der Waals surface area contributed by atoms with Gasteiger partial charge in [0.25, 0.3) is 0 Å². The predicted molar refractivity (Wildman–Crippen MR) is 43.6 cm³/mol. The van der Waals surface area contributed by atoms with E-state index in [-0.39, 0.29) is 0 Å². The Balaban J connectivity index is 3.84. The fourth-order valence-corrected chi connectivity index (χ4v) is 0.641. The first-order valence-electron chi connectivity index (χ1n) is 2.22. The van der Waals surface area contributed by atoms with Crippen LogP contribution in [0.1, 0.15) is 0 Å². The van der Waals surface area contributed by atoms with Crippen LogP contribution in [0.3, 0.4) is 0 Å². The van der Waals surface area contributed by atoms with Crippen LogP contribution in [0.5, 0.6) is 0 Å². The van der Waals surface area contributed by atoms with Crippen molar-refractivity contribution in [2.45, 2.75) is 0 Å². The van der Waals surface area contributed by atoms with Crippen molar-refractivity contribution in [1.29, 1.82) is 5.41 Å². The molecule has 0 saturated carbocycles. The van der Waals surface area contributed by atoms with Crippen molar-refractivity contribution in [2.75, 3.05) is 6.26 Å². The summed E-state index contributed by atoms with van der Waals surface area (Å²) >= 11 is 1.54. The van der Waals surface area contributed by atoms with Gasteiger partial charge in [-0.2, -0.15) is 0 Å². The minimum absolute atomic E-state index is 0.931. The number of hydrogen-bond acceptors (Lipinski definition) is 2. The minimum atomic E-state index is 0.931. The van der Waals surface area contributed by atoms with Crippen molar-refractivity contribution in [3.8, 4) is 0 Å². The quantitative estimate of drug-likeness (QED) is 0.433. The summed E-state index contributed by atoms with van der Waals surface area (Å²) in [6.07, 6.45) is 5.05. The molecule has 0 aromatic carbocycles. The van der Waals surface area contributed by atoms with E-state index >= 15 is 0 Å². The van der Waals surface area contributed by atoms with Crippen molar-refractivity contribution in [1.82, 2.24) is 0 Å². The molecule has 0 aliphatic rings. The topological polar surface area (TPSA) is 23.9 Å². The van der Waals surface area contributed by atoms with Crippen molar-refractivity contribution in [2.24, 2.45) is 0 Å². The molecule has 0 amide bonds. The molecule has 0 atom stereocenters. The van der Waals surface area contributed by atoms with E-state index in [1.165, 1.54) is 6.21 Å². The van der Waals surface area contributed by atoms with Gasteiger partial charge in [-0.3, -0.25) is 0 Å². The van der Waals surface area contributed by atoms with Crippen molar-refractivity contribution < 1.29 is 0 Å². The van der Waals surface area contributed by atoms with E-state index in [4.69, 9.17) is 5.41 Å². The van der Waals surface area contributed by atoms with E-state index in [0.717, 1.165) is 4.91 Å². The summed E-state index contributed by atoms with van der Waals surface area (Å²) in [7, 11) is 3.50. The molecule has 3 heteroatoms. The number of nitrogens with one attached hydrogen (secondary N) is 1. The molecule has 42 valence electrons. The van der Waals surface area contributed by atoms with Gasteiger partial charge >= 0.3 is 54.1 Å². The SMILES string of the molecule is B=C/C=C(\C=N)SC. The third-order valence-electron chi connectivity index (χ3n) is 0.660. The van der Waals surface area contributed by atoms with Gasteiger partial charge in [-0.05, 0) is 0 Å². The predicted octanol–water partition coefficient (Wildman–Crippen LogP) is 0.586. The molecule has 0 aliphatic carbocycles. The summed E-state index contributed by atoms with van der Waals surface area (Å²) in [4.78, 5) is 0.931. The van der Waals surface area contributed by atoms with Crippen LogP contribution < -0.4 is 0 Å². The van der Waals surface area contributed by atoms with Crippen LogP contribution in [0.15, 0.2) is 11.0 Å². The van der Waals surface area contributed by atoms with E-state index in [1.54, 1.807) is 23.8 Å². The molecular weight excluding hydrogens is 117 g/mol. The Morgan fingerprint density at radius 3 is 2.50 bits per heavy atom. The normalized spacial score (nSPS) is 10.8. The van der Waals surface area contributed by atoms with Crippen molar-refractivity contribution in [3.63, 3.8) is 0 Å². The molecule has 0 aromatic heterocycles. The van der Waals surface area contributed by atoms with Crippen molar-refractivity contribution >= 4 is 31.4 Å². The third kappa shape index (κ3) is 2.80. The second-order valence-corrected chi connectivity index (χ2v) is 2.03. The summed E-state index contributed by atoms with van der Waals surface area (Å²) in [5.41, 5.74) is 0. The molecule has 0 radical (unpaired) electrons. The zero-order valence-corrected chi connectivity index (χ0v) is 5.66. The maximum absolute atomic E-state index is 6.80. The van der Waals surface area contributed by atoms with Gasteiger partial charge in [-0.15, -0.1) is 0 Å². The molecule has 8 heavy (non-hydrogen) atoms. The first-order chi connectivity index (χ1) is 3.85. The molecule has 1 N–H and O–H groups in total. The standard InChI is InChI=1S/C5H8BNS/c1-8-5(4-7)2-3-6/h2-4,6-7H,1H3/b5-2+,7-4?. The van der Waals surface area contributed by atoms with Gasteiger partial charge in [-0.1, -0.05) is 0 Å². The molecule has 0 bridgehead atoms. The molecule has 1 nitrogen and oxygen atoms in total. The fourth-order valence-electron chi connectivity index (χ4n) is 0.291. The zero-order valence-electron chi connectivity index (χ0n) is 4.85. The average molecular weight is 125 g/mol. The van der Waals surface area contributed by atoms with Gasteiger partial charge in [0, 0.05) is 0 Å². The molecule has 0 aliphatic heterocycles. The van der Waals surface area contributed by atoms with Gasteiger partial charge in [-0.25, -0.2) is 0 Å². The molecule has 0 fully saturated rings. The first-order valence-corrected chi connectivity index (χ1v) is 3.44. The maximum atomic E-state index is 6.80. The Labute approximate surface area is 54.8 Å². The second kappa shape index (κ2) is 4.84. The summed E-state index contributed by atoms with van der Waals surface area (Å²) in [5, 5.41) is 6.80. The van der Waals surface area contributed by atoms with Gasteiger partial charge < -0.3 is 0 Å². The van der Waals surface area contributed by atoms with Crippen LogP contribution in [0, 0.1) is 5.41 Å². The molecule has 0 spiro atoms. The van der Waals surface area contributed by atoms with E-state index in [0.29, 0.717) is 0 Å². The number of allylic oxidation sites excluding steroid dienone is 2. The summed E-state index contributed by atoms with van der Waals surface area (Å²) in [6.45, 7) is 0. The number of rotatable bonds is 3. The van der Waals surface area contributed by atoms with Crippen LogP contribution in [0.2, 0.25) is 0 Å². The summed E-state index contributed by atoms with van der Waals surface area (Å²) < 4.78 is 0. The Morgan fingerprint density at radius 2 is 2.38 bits per heavy atom. The Kier molecular flexibility index (Phi) is 4.66. The first kappa shape index (κ1) is 7.69. The molecule has 0 saturated heterocycles. The second-order valence-electron chi connectivity index (χ2n) is 1.15. The summed E-state index contributed by atoms with van der Waals surface area (Å²) in [6, 6.07) is 0. The Morgan fingerprint density at radius 1 is 1.75 bits per heavy atom. The van der Waals surface area contributed by atoms with E-state index in [9.17, 15) is 0 Å². The molecule has 0 aromatic rings. The fraction of sp³-hybridized carbons (Fsp3) is 0.200. The van der Waals surface area contributed by atoms with Gasteiger partial charge in [0.2, 0.25) is 0 Å². The van der Waals surface area contributed by atoms with Crippen LogP contribution in [-0.2, 0) is 0 Å². The van der Waals surface area contributed by atoms with Gasteiger partial charge in [0.15, 0.2) is 0 Å². The van der Waals surface area contributed by atoms with Gasteiger partial charge in [0.05, 0.1) is 0 Å². The Hall–Kier alpha value is -0.305. The van der Waals surface area contributed by atoms with E-state index in [1.807, 2.05) is 6.26 Å². The monoisotopic (exact) mass is 125 g/mol. The molecule has 0 heterocycles. The van der Waals surface area contributed by atoms with Crippen LogP contribution in [0.25, 0.3) is 0 Å². The number of hydrogen-bond donors (Lipinski definition) is 1. The third-order valence-corrected chi connectivity index (χ3v) is 1.39. The molecular formula is C5H8BNS. The number of thioether (sulfide) groups is 1. The van der Waals surface area contributed by atoms with Gasteiger partial charge in [0.1, 0.15) is 0 Å². The summed E-state index contributed by atoms with van der Waals surface area (Å²) in [5.74, 6) is 1.68. The van der Waals surface area contributed by atoms with Crippen LogP contribution >= 0.6 is 11.8 Å². The molecule has 0 unspecified atom stereocenters. The Bertz CT molecular complexity index is 120. The zero-order chi connectivity index (χ0) is 6.41.